The van der Waals surface area contributed by atoms with Gasteiger partial charge < -0.3 is 25.2 Å². The second-order valence-electron chi connectivity index (χ2n) is 13.3. The van der Waals surface area contributed by atoms with Crippen molar-refractivity contribution in [2.75, 3.05) is 80.1 Å². The van der Waals surface area contributed by atoms with Crippen molar-refractivity contribution in [2.24, 2.45) is 5.92 Å². The van der Waals surface area contributed by atoms with Gasteiger partial charge >= 0.3 is 0 Å². The van der Waals surface area contributed by atoms with Crippen LogP contribution in [0, 0.1) is 11.7 Å². The van der Waals surface area contributed by atoms with Crippen LogP contribution in [-0.4, -0.2) is 91.2 Å². The van der Waals surface area contributed by atoms with Crippen LogP contribution < -0.4 is 25.3 Å². The molecule has 3 aliphatic heterocycles. The SMILES string of the molecule is C=CC(=O)Nc1cc(Nc2cc(N3OCCC3c3ccc(F)c(Cl)c3)ncn2)c(OC)cc1N1CCC(N2CCN(CC3CC3)CC2)CC1. The lowest BCUT2D eigenvalue weighted by molar-refractivity contribution is -0.111. The molecule has 1 saturated carbocycles. The number of ether oxygens (including phenoxy) is 1. The molecule has 0 bridgehead atoms. The summed E-state index contributed by atoms with van der Waals surface area (Å²) in [6, 6.07) is 10.7. The largest absolute Gasteiger partial charge is 0.494 e. The molecule has 4 heterocycles. The number of aromatic nitrogens is 2. The standard InChI is InChI=1S/C36H44ClFN8O3/c1-3-36(47)42-29-19-30(41-34-21-35(40-23-39-34)46-31(10-17-49-46)25-6-7-28(38)27(37)18-25)33(48-2)20-32(29)45-11-8-26(9-12-45)44-15-13-43(14-16-44)22-24-4-5-24/h3,6-7,18-21,23-24,26,31H,1,4-5,8-17,22H2,2H3,(H,42,47)(H,39,40,41). The Hall–Kier alpha value is -3.97. The highest BCUT2D eigenvalue weighted by molar-refractivity contribution is 6.30. The maximum Gasteiger partial charge on any atom is 0.247 e. The molecule has 1 aromatic heterocycles. The lowest BCUT2D eigenvalue weighted by atomic mass is 10.0. The third-order valence-corrected chi connectivity index (χ3v) is 10.4. The minimum absolute atomic E-state index is 0.0612. The number of piperazine rings is 1. The first-order chi connectivity index (χ1) is 23.9. The summed E-state index contributed by atoms with van der Waals surface area (Å²) in [5.41, 5.74) is 3.01. The van der Waals surface area contributed by atoms with Crippen LogP contribution >= 0.6 is 11.6 Å². The molecule has 1 atom stereocenters. The van der Waals surface area contributed by atoms with E-state index < -0.39 is 5.82 Å². The van der Waals surface area contributed by atoms with E-state index in [1.807, 2.05) is 12.1 Å². The molecule has 49 heavy (non-hydrogen) atoms. The zero-order chi connectivity index (χ0) is 33.9. The third-order valence-electron chi connectivity index (χ3n) is 10.1. The number of piperidine rings is 1. The molecule has 2 N–H and O–H groups in total. The molecule has 13 heteroatoms. The molecule has 3 aromatic rings. The topological polar surface area (TPSA) is 98.3 Å². The molecular formula is C36H44ClFN8O3. The summed E-state index contributed by atoms with van der Waals surface area (Å²) >= 11 is 6.08. The van der Waals surface area contributed by atoms with Crippen LogP contribution in [0.25, 0.3) is 0 Å². The number of amides is 1. The highest BCUT2D eigenvalue weighted by Gasteiger charge is 2.32. The van der Waals surface area contributed by atoms with Gasteiger partial charge in [0, 0.05) is 70.4 Å². The Morgan fingerprint density at radius 3 is 2.55 bits per heavy atom. The Labute approximate surface area is 292 Å². The van der Waals surface area contributed by atoms with Crippen molar-refractivity contribution in [1.29, 1.82) is 0 Å². The van der Waals surface area contributed by atoms with E-state index in [2.05, 4.69) is 41.9 Å². The summed E-state index contributed by atoms with van der Waals surface area (Å²) in [4.78, 5) is 35.1. The number of hydrogen-bond donors (Lipinski definition) is 2. The lowest BCUT2D eigenvalue weighted by Gasteiger charge is -2.43. The smallest absolute Gasteiger partial charge is 0.247 e. The van der Waals surface area contributed by atoms with Crippen molar-refractivity contribution in [3.8, 4) is 5.75 Å². The monoisotopic (exact) mass is 690 g/mol. The van der Waals surface area contributed by atoms with Gasteiger partial charge in [-0.25, -0.2) is 19.4 Å². The lowest BCUT2D eigenvalue weighted by Crippen LogP contribution is -2.53. The van der Waals surface area contributed by atoms with Crippen molar-refractivity contribution in [1.82, 2.24) is 19.8 Å². The Balaban J connectivity index is 1.06. The number of nitrogens with zero attached hydrogens (tertiary/aromatic N) is 6. The summed E-state index contributed by atoms with van der Waals surface area (Å²) in [6.07, 6.45) is 8.34. The fourth-order valence-electron chi connectivity index (χ4n) is 7.22. The molecule has 0 spiro atoms. The number of hydrogen-bond acceptors (Lipinski definition) is 10. The van der Waals surface area contributed by atoms with Crippen molar-refractivity contribution in [3.05, 3.63) is 71.8 Å². The van der Waals surface area contributed by atoms with Crippen molar-refractivity contribution >= 4 is 46.2 Å². The highest BCUT2D eigenvalue weighted by atomic mass is 35.5. The summed E-state index contributed by atoms with van der Waals surface area (Å²) < 4.78 is 19.7. The predicted molar refractivity (Wildman–Crippen MR) is 190 cm³/mol. The molecule has 2 aromatic carbocycles. The molecule has 1 unspecified atom stereocenters. The number of hydroxylamine groups is 1. The first kappa shape index (κ1) is 33.5. The summed E-state index contributed by atoms with van der Waals surface area (Å²) in [5, 5.41) is 8.13. The second-order valence-corrected chi connectivity index (χ2v) is 13.7. The van der Waals surface area contributed by atoms with E-state index in [1.165, 1.54) is 50.9 Å². The molecule has 7 rings (SSSR count). The molecule has 4 aliphatic rings. The Bertz CT molecular complexity index is 1660. The van der Waals surface area contributed by atoms with Gasteiger partial charge in [0.2, 0.25) is 5.91 Å². The van der Waals surface area contributed by atoms with Gasteiger partial charge in [-0.1, -0.05) is 24.2 Å². The van der Waals surface area contributed by atoms with Gasteiger partial charge in [0.1, 0.15) is 23.7 Å². The van der Waals surface area contributed by atoms with Crippen LogP contribution in [0.3, 0.4) is 0 Å². The number of methoxy groups -OCH3 is 1. The fraction of sp³-hybridized carbons (Fsp3) is 0.472. The number of nitrogens with one attached hydrogen (secondary N) is 2. The molecule has 3 saturated heterocycles. The van der Waals surface area contributed by atoms with Crippen LogP contribution in [0.15, 0.2) is 55.4 Å². The van der Waals surface area contributed by atoms with Gasteiger partial charge in [0.25, 0.3) is 0 Å². The Kier molecular flexibility index (Phi) is 10.2. The average molecular weight is 691 g/mol. The first-order valence-electron chi connectivity index (χ1n) is 17.2. The fourth-order valence-corrected chi connectivity index (χ4v) is 7.41. The molecule has 1 amide bonds. The zero-order valence-corrected chi connectivity index (χ0v) is 28.7. The van der Waals surface area contributed by atoms with Crippen LogP contribution in [0.4, 0.5) is 33.1 Å². The number of carbonyl (C=O) groups excluding carboxylic acids is 1. The quantitative estimate of drug-likeness (QED) is 0.232. The maximum absolute atomic E-state index is 13.9. The normalized spacial score (nSPS) is 20.8. The van der Waals surface area contributed by atoms with Crippen molar-refractivity contribution in [2.45, 2.75) is 44.2 Å². The van der Waals surface area contributed by atoms with Crippen LogP contribution in [0.2, 0.25) is 5.02 Å². The van der Waals surface area contributed by atoms with Gasteiger partial charge in [-0.15, -0.1) is 0 Å². The first-order valence-corrected chi connectivity index (χ1v) is 17.6. The van der Waals surface area contributed by atoms with Gasteiger partial charge in [0.15, 0.2) is 5.82 Å². The van der Waals surface area contributed by atoms with Crippen LogP contribution in [0.5, 0.6) is 5.75 Å². The van der Waals surface area contributed by atoms with E-state index >= 15 is 0 Å². The molecule has 4 fully saturated rings. The number of benzene rings is 2. The summed E-state index contributed by atoms with van der Waals surface area (Å²) in [5.74, 6) is 1.82. The van der Waals surface area contributed by atoms with Gasteiger partial charge in [0.05, 0.1) is 41.8 Å². The predicted octanol–water partition coefficient (Wildman–Crippen LogP) is 6.03. The Morgan fingerprint density at radius 1 is 1.04 bits per heavy atom. The van der Waals surface area contributed by atoms with E-state index in [1.54, 1.807) is 30.4 Å². The number of carbonyl (C=O) groups is 1. The second kappa shape index (κ2) is 14.9. The van der Waals surface area contributed by atoms with Crippen molar-refractivity contribution < 1.29 is 18.8 Å². The van der Waals surface area contributed by atoms with E-state index in [0.29, 0.717) is 47.8 Å². The molecule has 260 valence electrons. The molecule has 1 aliphatic carbocycles. The molecular weight excluding hydrogens is 647 g/mol. The number of halogens is 2. The van der Waals surface area contributed by atoms with Gasteiger partial charge in [-0.3, -0.25) is 14.5 Å². The van der Waals surface area contributed by atoms with Crippen LogP contribution in [-0.2, 0) is 9.63 Å². The van der Waals surface area contributed by atoms with Crippen molar-refractivity contribution in [3.63, 3.8) is 0 Å². The van der Waals surface area contributed by atoms with Gasteiger partial charge in [-0.05, 0) is 61.4 Å². The Morgan fingerprint density at radius 2 is 1.84 bits per heavy atom. The van der Waals surface area contributed by atoms with Crippen LogP contribution in [0.1, 0.15) is 43.7 Å². The summed E-state index contributed by atoms with van der Waals surface area (Å²) in [6.45, 7) is 11.8. The van der Waals surface area contributed by atoms with E-state index in [0.717, 1.165) is 56.2 Å². The molecule has 11 nitrogen and oxygen atoms in total. The third kappa shape index (κ3) is 7.77. The zero-order valence-electron chi connectivity index (χ0n) is 27.9. The van der Waals surface area contributed by atoms with Gasteiger partial charge in [-0.2, -0.15) is 0 Å². The van der Waals surface area contributed by atoms with E-state index in [4.69, 9.17) is 21.2 Å². The highest BCUT2D eigenvalue weighted by Crippen LogP contribution is 2.41. The average Bonchev–Trinajstić information content (AvgIpc) is 3.81. The summed E-state index contributed by atoms with van der Waals surface area (Å²) in [7, 11) is 1.63. The van der Waals surface area contributed by atoms with E-state index in [-0.39, 0.29) is 17.0 Å². The minimum atomic E-state index is -0.467. The maximum atomic E-state index is 13.9. The number of rotatable bonds is 11. The number of anilines is 5. The molecule has 0 radical (unpaired) electrons. The van der Waals surface area contributed by atoms with E-state index in [9.17, 15) is 9.18 Å². The minimum Gasteiger partial charge on any atom is -0.494 e.